The largest absolute Gasteiger partial charge is 0.465 e. The van der Waals surface area contributed by atoms with E-state index in [1.165, 1.54) is 4.90 Å². The molecule has 1 unspecified atom stereocenters. The third-order valence-electron chi connectivity index (χ3n) is 3.50. The van der Waals surface area contributed by atoms with Gasteiger partial charge in [0.1, 0.15) is 0 Å². The molecule has 4 nitrogen and oxygen atoms in total. The molecule has 13 heavy (non-hydrogen) atoms. The van der Waals surface area contributed by atoms with Gasteiger partial charge in [0.25, 0.3) is 0 Å². The van der Waals surface area contributed by atoms with E-state index in [1.54, 1.807) is 0 Å². The quantitative estimate of drug-likeness (QED) is 0.589. The van der Waals surface area contributed by atoms with Crippen molar-refractivity contribution >= 4 is 6.09 Å². The Labute approximate surface area is 77.2 Å². The number of aliphatic hydroxyl groups is 1. The molecule has 4 heteroatoms. The van der Waals surface area contributed by atoms with Crippen LogP contribution in [0, 0.1) is 5.41 Å². The Morgan fingerprint density at radius 1 is 1.46 bits per heavy atom. The number of nitrogens with zero attached hydrogens (tertiary/aromatic N) is 1. The first-order chi connectivity index (χ1) is 6.14. The number of aliphatic hydroxyl groups excluding tert-OH is 1. The summed E-state index contributed by atoms with van der Waals surface area (Å²) in [4.78, 5) is 12.2. The lowest BCUT2D eigenvalue weighted by Crippen LogP contribution is -2.56. The van der Waals surface area contributed by atoms with Crippen molar-refractivity contribution in [3.63, 3.8) is 0 Å². The summed E-state index contributed by atoms with van der Waals surface area (Å²) in [6.45, 7) is 1.02. The third-order valence-corrected chi connectivity index (χ3v) is 3.50. The van der Waals surface area contributed by atoms with Gasteiger partial charge in [-0.05, 0) is 19.3 Å². The maximum atomic E-state index is 10.7. The van der Waals surface area contributed by atoms with Gasteiger partial charge in [-0.2, -0.15) is 0 Å². The molecule has 1 aliphatic heterocycles. The van der Waals surface area contributed by atoms with Crippen molar-refractivity contribution in [3.8, 4) is 0 Å². The lowest BCUT2D eigenvalue weighted by atomic mass is 9.62. The smallest absolute Gasteiger partial charge is 0.407 e. The van der Waals surface area contributed by atoms with E-state index in [0.29, 0.717) is 19.5 Å². The van der Waals surface area contributed by atoms with E-state index in [9.17, 15) is 9.90 Å². The zero-order chi connectivity index (χ0) is 9.47. The van der Waals surface area contributed by atoms with Gasteiger partial charge >= 0.3 is 6.09 Å². The molecule has 1 saturated carbocycles. The lowest BCUT2D eigenvalue weighted by Gasteiger charge is -2.51. The highest BCUT2D eigenvalue weighted by Crippen LogP contribution is 2.47. The van der Waals surface area contributed by atoms with Gasteiger partial charge in [0.05, 0.1) is 6.10 Å². The van der Waals surface area contributed by atoms with E-state index >= 15 is 0 Å². The van der Waals surface area contributed by atoms with Gasteiger partial charge in [-0.3, -0.25) is 0 Å². The molecule has 1 aliphatic carbocycles. The summed E-state index contributed by atoms with van der Waals surface area (Å²) in [5.41, 5.74) is -0.0867. The van der Waals surface area contributed by atoms with Crippen LogP contribution in [0.4, 0.5) is 4.79 Å². The number of rotatable bonds is 0. The maximum absolute atomic E-state index is 10.7. The first-order valence-corrected chi connectivity index (χ1v) is 4.80. The van der Waals surface area contributed by atoms with Crippen LogP contribution in [0.3, 0.4) is 0 Å². The summed E-state index contributed by atoms with van der Waals surface area (Å²) in [6.07, 6.45) is 2.57. The number of likely N-dealkylation sites (tertiary alicyclic amines) is 1. The van der Waals surface area contributed by atoms with Crippen LogP contribution in [0.2, 0.25) is 0 Å². The normalized spacial score (nSPS) is 31.5. The number of hydrogen-bond donors (Lipinski definition) is 2. The molecule has 0 aromatic carbocycles. The van der Waals surface area contributed by atoms with Crippen molar-refractivity contribution in [2.45, 2.75) is 31.8 Å². The molecule has 2 aliphatic rings. The first kappa shape index (κ1) is 8.81. The summed E-state index contributed by atoms with van der Waals surface area (Å²) in [7, 11) is 0. The second-order valence-electron chi connectivity index (χ2n) is 4.22. The summed E-state index contributed by atoms with van der Waals surface area (Å²) >= 11 is 0. The SMILES string of the molecule is O=C(O)N1CCC(O)C2(CCC2)C1. The number of piperidine rings is 1. The van der Waals surface area contributed by atoms with Crippen molar-refractivity contribution < 1.29 is 15.0 Å². The molecule has 1 saturated heterocycles. The van der Waals surface area contributed by atoms with Crippen molar-refractivity contribution in [1.82, 2.24) is 4.90 Å². The van der Waals surface area contributed by atoms with Crippen LogP contribution in [-0.2, 0) is 0 Å². The second-order valence-corrected chi connectivity index (χ2v) is 4.22. The number of amides is 1. The number of hydrogen-bond acceptors (Lipinski definition) is 2. The molecule has 2 N–H and O–H groups in total. The van der Waals surface area contributed by atoms with Crippen molar-refractivity contribution in [2.75, 3.05) is 13.1 Å². The second kappa shape index (κ2) is 2.87. The average molecular weight is 185 g/mol. The van der Waals surface area contributed by atoms with Crippen LogP contribution < -0.4 is 0 Å². The minimum absolute atomic E-state index is 0.0867. The predicted molar refractivity (Wildman–Crippen MR) is 46.5 cm³/mol. The molecule has 0 aromatic heterocycles. The van der Waals surface area contributed by atoms with Crippen LogP contribution in [-0.4, -0.2) is 40.4 Å². The molecule has 0 radical (unpaired) electrons. The van der Waals surface area contributed by atoms with E-state index in [1.807, 2.05) is 0 Å². The fourth-order valence-corrected chi connectivity index (χ4v) is 2.43. The summed E-state index contributed by atoms with van der Waals surface area (Å²) in [5.74, 6) is 0. The molecule has 1 atom stereocenters. The minimum atomic E-state index is -0.849. The average Bonchev–Trinajstić information content (AvgIpc) is 2.02. The van der Waals surface area contributed by atoms with Gasteiger partial charge in [-0.25, -0.2) is 4.79 Å². The zero-order valence-corrected chi connectivity index (χ0v) is 7.57. The molecular weight excluding hydrogens is 170 g/mol. The van der Waals surface area contributed by atoms with E-state index in [-0.39, 0.29) is 11.5 Å². The molecule has 0 bridgehead atoms. The Kier molecular flexibility index (Phi) is 1.95. The van der Waals surface area contributed by atoms with Crippen molar-refractivity contribution in [3.05, 3.63) is 0 Å². The van der Waals surface area contributed by atoms with Gasteiger partial charge in [-0.1, -0.05) is 6.42 Å². The van der Waals surface area contributed by atoms with E-state index in [0.717, 1.165) is 19.3 Å². The topological polar surface area (TPSA) is 60.8 Å². The summed E-state index contributed by atoms with van der Waals surface area (Å²) < 4.78 is 0. The molecule has 0 aromatic rings. The van der Waals surface area contributed by atoms with Crippen LogP contribution >= 0.6 is 0 Å². The van der Waals surface area contributed by atoms with Gasteiger partial charge in [0.15, 0.2) is 0 Å². The Morgan fingerprint density at radius 2 is 2.15 bits per heavy atom. The Hall–Kier alpha value is -0.770. The maximum Gasteiger partial charge on any atom is 0.407 e. The number of carbonyl (C=O) groups is 1. The van der Waals surface area contributed by atoms with Crippen molar-refractivity contribution in [1.29, 1.82) is 0 Å². The molecule has 74 valence electrons. The molecule has 1 heterocycles. The highest BCUT2D eigenvalue weighted by atomic mass is 16.4. The summed E-state index contributed by atoms with van der Waals surface area (Å²) in [6, 6.07) is 0. The van der Waals surface area contributed by atoms with Crippen LogP contribution in [0.1, 0.15) is 25.7 Å². The fourth-order valence-electron chi connectivity index (χ4n) is 2.43. The Morgan fingerprint density at radius 3 is 2.62 bits per heavy atom. The molecule has 2 rings (SSSR count). The van der Waals surface area contributed by atoms with Gasteiger partial charge in [0.2, 0.25) is 0 Å². The predicted octanol–water partition coefficient (Wildman–Crippen LogP) is 0.901. The number of carboxylic acid groups (broad SMARTS) is 1. The first-order valence-electron chi connectivity index (χ1n) is 4.80. The van der Waals surface area contributed by atoms with E-state index in [2.05, 4.69) is 0 Å². The van der Waals surface area contributed by atoms with Gasteiger partial charge in [0, 0.05) is 18.5 Å². The Balaban J connectivity index is 2.05. The van der Waals surface area contributed by atoms with Gasteiger partial charge in [-0.15, -0.1) is 0 Å². The zero-order valence-electron chi connectivity index (χ0n) is 7.57. The Bertz CT molecular complexity index is 225. The van der Waals surface area contributed by atoms with Gasteiger partial charge < -0.3 is 15.1 Å². The van der Waals surface area contributed by atoms with E-state index in [4.69, 9.17) is 5.11 Å². The standard InChI is InChI=1S/C9H15NO3/c11-7-2-5-10(8(12)13)6-9(7)3-1-4-9/h7,11H,1-6H2,(H,12,13). The fraction of sp³-hybridized carbons (Fsp3) is 0.889. The molecule has 1 amide bonds. The van der Waals surface area contributed by atoms with Crippen LogP contribution in [0.5, 0.6) is 0 Å². The van der Waals surface area contributed by atoms with E-state index < -0.39 is 6.09 Å². The summed E-state index contributed by atoms with van der Waals surface area (Å²) in [5, 5.41) is 18.6. The van der Waals surface area contributed by atoms with Crippen molar-refractivity contribution in [2.24, 2.45) is 5.41 Å². The lowest BCUT2D eigenvalue weighted by molar-refractivity contribution is -0.0852. The highest BCUT2D eigenvalue weighted by Gasteiger charge is 2.47. The monoisotopic (exact) mass is 185 g/mol. The highest BCUT2D eigenvalue weighted by molar-refractivity contribution is 5.65. The van der Waals surface area contributed by atoms with Crippen LogP contribution in [0.15, 0.2) is 0 Å². The molecule has 1 spiro atoms. The molecule has 2 fully saturated rings. The third kappa shape index (κ3) is 1.29. The van der Waals surface area contributed by atoms with Crippen LogP contribution in [0.25, 0.3) is 0 Å². The minimum Gasteiger partial charge on any atom is -0.465 e. The molecular formula is C9H15NO3.